The first kappa shape index (κ1) is 26.5. The van der Waals surface area contributed by atoms with E-state index < -0.39 is 22.6 Å². The van der Waals surface area contributed by atoms with E-state index in [1.54, 1.807) is 31.3 Å². The molecule has 0 aliphatic carbocycles. The van der Waals surface area contributed by atoms with Gasteiger partial charge in [0.15, 0.2) is 6.10 Å². The van der Waals surface area contributed by atoms with Crippen molar-refractivity contribution in [1.82, 2.24) is 4.98 Å². The second-order valence-electron chi connectivity index (χ2n) is 9.54. The molecule has 0 amide bonds. The van der Waals surface area contributed by atoms with Crippen LogP contribution in [0.1, 0.15) is 38.0 Å². The lowest BCUT2D eigenvalue weighted by atomic mass is 9.91. The third kappa shape index (κ3) is 5.44. The molecule has 0 aliphatic rings. The summed E-state index contributed by atoms with van der Waals surface area (Å²) >= 11 is 7.49. The number of hydrogen-bond acceptors (Lipinski definition) is 7. The van der Waals surface area contributed by atoms with Gasteiger partial charge in [-0.05, 0) is 69.2 Å². The minimum absolute atomic E-state index is 0.0569. The Kier molecular flexibility index (Phi) is 7.23. The average Bonchev–Trinajstić information content (AvgIpc) is 3.25. The number of ether oxygens (including phenoxy) is 1. The summed E-state index contributed by atoms with van der Waals surface area (Å²) in [4.78, 5) is 28.4. The van der Waals surface area contributed by atoms with Gasteiger partial charge in [-0.2, -0.15) is 0 Å². The zero-order valence-electron chi connectivity index (χ0n) is 21.0. The van der Waals surface area contributed by atoms with Crippen molar-refractivity contribution >= 4 is 50.5 Å². The molecule has 10 heteroatoms. The number of anilines is 1. The van der Waals surface area contributed by atoms with Gasteiger partial charge in [0, 0.05) is 34.8 Å². The van der Waals surface area contributed by atoms with Crippen molar-refractivity contribution in [3.05, 3.63) is 74.8 Å². The molecular weight excluding hydrogens is 514 g/mol. The number of aryl methyl sites for hydroxylation is 1. The van der Waals surface area contributed by atoms with Crippen LogP contribution >= 0.6 is 22.9 Å². The average molecular weight is 540 g/mol. The molecule has 0 fully saturated rings. The molecule has 2 N–H and O–H groups in total. The van der Waals surface area contributed by atoms with Crippen LogP contribution in [0.5, 0.6) is 0 Å². The van der Waals surface area contributed by atoms with Gasteiger partial charge in [-0.3, -0.25) is 10.1 Å². The lowest BCUT2D eigenvalue weighted by molar-refractivity contribution is -0.383. The Labute approximate surface area is 223 Å². The second kappa shape index (κ2) is 10.1. The van der Waals surface area contributed by atoms with Crippen molar-refractivity contribution in [3.8, 4) is 21.7 Å². The first-order valence-electron chi connectivity index (χ1n) is 11.5. The van der Waals surface area contributed by atoms with Crippen molar-refractivity contribution in [1.29, 1.82) is 0 Å². The molecule has 37 heavy (non-hydrogen) atoms. The summed E-state index contributed by atoms with van der Waals surface area (Å²) in [5.74, 6) is -1.10. The fraction of sp³-hybridized carbons (Fsp3) is 0.259. The zero-order chi connectivity index (χ0) is 27.1. The standard InChI is InChI=1S/C27H26ClN3O5S/c1-14-12-19-24(37-25(30-19)16-8-11-18(29-5)20(13-16)31(34)35)22(15-6-9-17(28)10-7-15)21(14)23(26(32)33)36-27(2,3)4/h6-13,23,29H,1-5H3,(H,32,33). The Hall–Kier alpha value is -3.53. The number of nitrogens with one attached hydrogen (secondary N) is 1. The van der Waals surface area contributed by atoms with E-state index in [9.17, 15) is 20.0 Å². The molecule has 0 radical (unpaired) electrons. The van der Waals surface area contributed by atoms with E-state index in [0.29, 0.717) is 43.5 Å². The van der Waals surface area contributed by atoms with Gasteiger partial charge in [0.05, 0.1) is 20.7 Å². The Morgan fingerprint density at radius 1 is 1.16 bits per heavy atom. The van der Waals surface area contributed by atoms with Crippen LogP contribution in [-0.2, 0) is 9.53 Å². The normalized spacial score (nSPS) is 12.5. The van der Waals surface area contributed by atoms with Crippen LogP contribution in [0, 0.1) is 17.0 Å². The molecule has 192 valence electrons. The quantitative estimate of drug-likeness (QED) is 0.185. The molecule has 8 nitrogen and oxygen atoms in total. The summed E-state index contributed by atoms with van der Waals surface area (Å²) in [5.41, 5.74) is 3.58. The van der Waals surface area contributed by atoms with E-state index in [1.807, 2.05) is 45.9 Å². The maximum Gasteiger partial charge on any atom is 0.337 e. The molecule has 0 saturated carbocycles. The van der Waals surface area contributed by atoms with Crippen molar-refractivity contribution < 1.29 is 19.6 Å². The molecule has 1 heterocycles. The van der Waals surface area contributed by atoms with E-state index in [0.717, 1.165) is 10.3 Å². The highest BCUT2D eigenvalue weighted by Gasteiger charge is 2.32. The van der Waals surface area contributed by atoms with Crippen molar-refractivity contribution in [3.63, 3.8) is 0 Å². The molecule has 3 aromatic carbocycles. The maximum atomic E-state index is 12.5. The molecule has 4 rings (SSSR count). The molecule has 1 atom stereocenters. The minimum Gasteiger partial charge on any atom is -0.479 e. The Bertz CT molecular complexity index is 1510. The Balaban J connectivity index is 2.02. The number of halogens is 1. The summed E-state index contributed by atoms with van der Waals surface area (Å²) < 4.78 is 6.79. The number of benzene rings is 3. The fourth-order valence-electron chi connectivity index (χ4n) is 4.19. The third-order valence-corrected chi connectivity index (χ3v) is 7.12. The molecule has 4 aromatic rings. The van der Waals surface area contributed by atoms with Crippen LogP contribution in [0.25, 0.3) is 31.9 Å². The van der Waals surface area contributed by atoms with E-state index >= 15 is 0 Å². The number of carboxylic acid groups (broad SMARTS) is 1. The predicted molar refractivity (Wildman–Crippen MR) is 148 cm³/mol. The van der Waals surface area contributed by atoms with Gasteiger partial charge >= 0.3 is 5.97 Å². The number of thiazole rings is 1. The van der Waals surface area contributed by atoms with E-state index in [-0.39, 0.29) is 5.69 Å². The van der Waals surface area contributed by atoms with Gasteiger partial charge in [0.2, 0.25) is 0 Å². The van der Waals surface area contributed by atoms with Crippen LogP contribution in [0.4, 0.5) is 11.4 Å². The number of fused-ring (bicyclic) bond motifs is 1. The van der Waals surface area contributed by atoms with Crippen LogP contribution in [-0.4, -0.2) is 33.6 Å². The topological polar surface area (TPSA) is 115 Å². The number of aromatic nitrogens is 1. The Morgan fingerprint density at radius 2 is 1.81 bits per heavy atom. The summed E-state index contributed by atoms with van der Waals surface area (Å²) in [7, 11) is 1.63. The van der Waals surface area contributed by atoms with Gasteiger partial charge < -0.3 is 15.2 Å². The highest BCUT2D eigenvalue weighted by molar-refractivity contribution is 7.22. The van der Waals surface area contributed by atoms with Gasteiger partial charge in [0.1, 0.15) is 10.7 Å². The molecule has 0 bridgehead atoms. The Morgan fingerprint density at radius 3 is 2.38 bits per heavy atom. The lowest BCUT2D eigenvalue weighted by Gasteiger charge is -2.28. The summed E-state index contributed by atoms with van der Waals surface area (Å²) in [6.45, 7) is 7.27. The first-order chi connectivity index (χ1) is 17.4. The first-order valence-corrected chi connectivity index (χ1v) is 12.7. The highest BCUT2D eigenvalue weighted by atomic mass is 35.5. The van der Waals surface area contributed by atoms with Crippen LogP contribution < -0.4 is 5.32 Å². The molecule has 0 saturated heterocycles. The number of rotatable bonds is 7. The van der Waals surface area contributed by atoms with Crippen molar-refractivity contribution in [2.75, 3.05) is 12.4 Å². The number of aliphatic carboxylic acids is 1. The molecule has 1 unspecified atom stereocenters. The summed E-state index contributed by atoms with van der Waals surface area (Å²) in [5, 5.41) is 25.8. The molecular formula is C27H26ClN3O5S. The molecule has 0 spiro atoms. The largest absolute Gasteiger partial charge is 0.479 e. The van der Waals surface area contributed by atoms with Crippen molar-refractivity contribution in [2.45, 2.75) is 39.4 Å². The monoisotopic (exact) mass is 539 g/mol. The second-order valence-corrected chi connectivity index (χ2v) is 11.0. The number of nitro benzene ring substituents is 1. The fourth-order valence-corrected chi connectivity index (χ4v) is 5.44. The van der Waals surface area contributed by atoms with Gasteiger partial charge in [0.25, 0.3) is 5.69 Å². The lowest BCUT2D eigenvalue weighted by Crippen LogP contribution is -2.28. The number of carboxylic acids is 1. The smallest absolute Gasteiger partial charge is 0.337 e. The van der Waals surface area contributed by atoms with E-state index in [4.69, 9.17) is 21.3 Å². The minimum atomic E-state index is -1.23. The highest BCUT2D eigenvalue weighted by Crippen LogP contribution is 2.45. The maximum absolute atomic E-state index is 12.5. The van der Waals surface area contributed by atoms with Crippen molar-refractivity contribution in [2.24, 2.45) is 0 Å². The van der Waals surface area contributed by atoms with Crippen LogP contribution in [0.3, 0.4) is 0 Å². The van der Waals surface area contributed by atoms with Crippen LogP contribution in [0.2, 0.25) is 5.02 Å². The van der Waals surface area contributed by atoms with Gasteiger partial charge in [-0.15, -0.1) is 11.3 Å². The zero-order valence-corrected chi connectivity index (χ0v) is 22.5. The van der Waals surface area contributed by atoms with Gasteiger partial charge in [-0.1, -0.05) is 23.7 Å². The summed E-state index contributed by atoms with van der Waals surface area (Å²) in [6, 6.07) is 13.9. The van der Waals surface area contributed by atoms with E-state index in [1.165, 1.54) is 17.4 Å². The van der Waals surface area contributed by atoms with E-state index in [2.05, 4.69) is 5.32 Å². The molecule has 1 aromatic heterocycles. The predicted octanol–water partition coefficient (Wildman–Crippen LogP) is 7.48. The third-order valence-electron chi connectivity index (χ3n) is 5.73. The van der Waals surface area contributed by atoms with Gasteiger partial charge in [-0.25, -0.2) is 9.78 Å². The molecule has 0 aliphatic heterocycles. The number of nitrogens with zero attached hydrogens (tertiary/aromatic N) is 2. The number of nitro groups is 1. The van der Waals surface area contributed by atoms with Crippen LogP contribution in [0.15, 0.2) is 48.5 Å². The summed E-state index contributed by atoms with van der Waals surface area (Å²) in [6.07, 6.45) is -1.23. The SMILES string of the molecule is CNc1ccc(-c2nc3cc(C)c(C(OC(C)(C)C)C(=O)O)c(-c4ccc(Cl)cc4)c3s2)cc1[N+](=O)[O-]. The number of carbonyl (C=O) groups is 1. The number of hydrogen-bond donors (Lipinski definition) is 2.